The number of benzene rings is 4. The zero-order valence-corrected chi connectivity index (χ0v) is 22.8. The molecule has 5 aromatic rings. The molecule has 0 aliphatic heterocycles. The van der Waals surface area contributed by atoms with E-state index in [0.29, 0.717) is 23.4 Å². The van der Waals surface area contributed by atoms with Crippen LogP contribution >= 0.6 is 0 Å². The minimum absolute atomic E-state index is 0.0557. The number of hydrogen-bond donors (Lipinski definition) is 0. The van der Waals surface area contributed by atoms with Crippen molar-refractivity contribution < 1.29 is 39.5 Å². The van der Waals surface area contributed by atoms with Crippen LogP contribution < -0.4 is 4.74 Å². The molecule has 0 aliphatic rings. The Hall–Kier alpha value is -4.36. The molecule has 0 saturated carbocycles. The molecule has 0 fully saturated rings. The normalized spacial score (nSPS) is 12.3. The third kappa shape index (κ3) is 5.57. The third-order valence-corrected chi connectivity index (χ3v) is 8.26. The predicted molar refractivity (Wildman–Crippen MR) is 143 cm³/mol. The van der Waals surface area contributed by atoms with Gasteiger partial charge >= 0.3 is 6.18 Å². The number of ether oxygens (including phenoxy) is 1. The van der Waals surface area contributed by atoms with Gasteiger partial charge in [0.15, 0.2) is 0 Å². The molecular formula is C29H21F6N3O3S. The topological polar surface area (TPSA) is 64.4 Å². The van der Waals surface area contributed by atoms with Gasteiger partial charge < -0.3 is 4.74 Å². The summed E-state index contributed by atoms with van der Waals surface area (Å²) in [6.07, 6.45) is -4.81. The smallest absolute Gasteiger partial charge is 0.418 e. The van der Waals surface area contributed by atoms with Crippen LogP contribution in [0.5, 0.6) is 11.5 Å². The van der Waals surface area contributed by atoms with Crippen molar-refractivity contribution >= 4 is 20.9 Å². The van der Waals surface area contributed by atoms with Crippen LogP contribution in [0.1, 0.15) is 11.1 Å². The molecule has 4 aromatic carbocycles. The molecule has 0 radical (unpaired) electrons. The fourth-order valence-electron chi connectivity index (χ4n) is 4.40. The lowest BCUT2D eigenvalue weighted by Crippen LogP contribution is -2.22. The summed E-state index contributed by atoms with van der Waals surface area (Å²) in [4.78, 5) is 0.0557. The number of hydrogen-bond acceptors (Lipinski definition) is 4. The van der Waals surface area contributed by atoms with Crippen molar-refractivity contribution in [2.45, 2.75) is 17.6 Å². The highest BCUT2D eigenvalue weighted by atomic mass is 32.2. The van der Waals surface area contributed by atoms with Crippen molar-refractivity contribution in [3.63, 3.8) is 0 Å². The first-order chi connectivity index (χ1) is 19.8. The molecule has 0 amide bonds. The van der Waals surface area contributed by atoms with Gasteiger partial charge in [-0.2, -0.15) is 18.3 Å². The SMILES string of the molecule is CN(C)S(=O)(=O)c1ccc(Oc2cccc(-c3nn(Cc4c(F)cc(F)cc4F)c4c(C(F)(F)F)cccc34)c2)cc1. The Labute approximate surface area is 236 Å². The maximum atomic E-state index is 14.5. The fourth-order valence-corrected chi connectivity index (χ4v) is 5.30. The van der Waals surface area contributed by atoms with Crippen molar-refractivity contribution in [2.24, 2.45) is 0 Å². The highest BCUT2D eigenvalue weighted by Gasteiger charge is 2.35. The summed E-state index contributed by atoms with van der Waals surface area (Å²) in [5.41, 5.74) is -1.71. The summed E-state index contributed by atoms with van der Waals surface area (Å²) in [5, 5.41) is 4.36. The number of fused-ring (bicyclic) bond motifs is 1. The van der Waals surface area contributed by atoms with Crippen LogP contribution in [0, 0.1) is 17.5 Å². The Balaban J connectivity index is 1.57. The molecule has 6 nitrogen and oxygen atoms in total. The number of sulfonamides is 1. The summed E-state index contributed by atoms with van der Waals surface area (Å²) in [6.45, 7) is -0.736. The Kier molecular flexibility index (Phi) is 7.50. The van der Waals surface area contributed by atoms with Crippen molar-refractivity contribution in [3.8, 4) is 22.8 Å². The maximum Gasteiger partial charge on any atom is 0.418 e. The molecule has 218 valence electrons. The summed E-state index contributed by atoms with van der Waals surface area (Å²) in [7, 11) is -0.844. The zero-order chi connectivity index (χ0) is 30.4. The second-order valence-electron chi connectivity index (χ2n) is 9.44. The second kappa shape index (κ2) is 10.8. The Bertz CT molecular complexity index is 1880. The van der Waals surface area contributed by atoms with Crippen LogP contribution in [0.3, 0.4) is 0 Å². The number of halogens is 6. The quantitative estimate of drug-likeness (QED) is 0.184. The summed E-state index contributed by atoms with van der Waals surface area (Å²) < 4.78 is 117. The third-order valence-electron chi connectivity index (χ3n) is 6.43. The van der Waals surface area contributed by atoms with E-state index in [0.717, 1.165) is 15.1 Å². The van der Waals surface area contributed by atoms with Gasteiger partial charge in [0.05, 0.1) is 22.5 Å². The summed E-state index contributed by atoms with van der Waals surface area (Å²) in [5.74, 6) is -3.13. The van der Waals surface area contributed by atoms with E-state index >= 15 is 0 Å². The van der Waals surface area contributed by atoms with Gasteiger partial charge in [0.1, 0.15) is 34.6 Å². The molecule has 0 spiro atoms. The molecule has 0 N–H and O–H groups in total. The molecular weight excluding hydrogens is 584 g/mol. The molecule has 0 bridgehead atoms. The highest BCUT2D eigenvalue weighted by molar-refractivity contribution is 7.89. The van der Waals surface area contributed by atoms with E-state index in [4.69, 9.17) is 4.74 Å². The van der Waals surface area contributed by atoms with Gasteiger partial charge in [-0.15, -0.1) is 0 Å². The number of nitrogens with zero attached hydrogens (tertiary/aromatic N) is 3. The van der Waals surface area contributed by atoms with Gasteiger partial charge in [-0.1, -0.05) is 24.3 Å². The number of aromatic nitrogens is 2. The van der Waals surface area contributed by atoms with Crippen LogP contribution in [0.25, 0.3) is 22.2 Å². The van der Waals surface area contributed by atoms with Crippen LogP contribution in [0.15, 0.2) is 83.8 Å². The minimum Gasteiger partial charge on any atom is -0.457 e. The number of rotatable bonds is 7. The molecule has 0 unspecified atom stereocenters. The lowest BCUT2D eigenvalue weighted by Gasteiger charge is -2.12. The Morgan fingerprint density at radius 1 is 0.857 bits per heavy atom. The van der Waals surface area contributed by atoms with Crippen LogP contribution in [0.2, 0.25) is 0 Å². The van der Waals surface area contributed by atoms with Gasteiger partial charge in [-0.05, 0) is 42.5 Å². The van der Waals surface area contributed by atoms with E-state index in [1.807, 2.05) is 0 Å². The Morgan fingerprint density at radius 3 is 2.12 bits per heavy atom. The van der Waals surface area contributed by atoms with Gasteiger partial charge in [-0.3, -0.25) is 4.68 Å². The van der Waals surface area contributed by atoms with Crippen molar-refractivity contribution in [1.29, 1.82) is 0 Å². The van der Waals surface area contributed by atoms with E-state index in [2.05, 4.69) is 5.10 Å². The van der Waals surface area contributed by atoms with E-state index in [9.17, 15) is 34.8 Å². The average Bonchev–Trinajstić information content (AvgIpc) is 3.29. The van der Waals surface area contributed by atoms with Crippen molar-refractivity contribution in [1.82, 2.24) is 14.1 Å². The lowest BCUT2D eigenvalue weighted by molar-refractivity contribution is -0.136. The molecule has 0 saturated heterocycles. The lowest BCUT2D eigenvalue weighted by atomic mass is 10.0. The van der Waals surface area contributed by atoms with E-state index in [-0.39, 0.29) is 21.7 Å². The van der Waals surface area contributed by atoms with Crippen LogP contribution in [0.4, 0.5) is 26.3 Å². The zero-order valence-electron chi connectivity index (χ0n) is 22.0. The minimum atomic E-state index is -4.81. The summed E-state index contributed by atoms with van der Waals surface area (Å²) >= 11 is 0. The first-order valence-electron chi connectivity index (χ1n) is 12.3. The molecule has 42 heavy (non-hydrogen) atoms. The molecule has 1 heterocycles. The largest absolute Gasteiger partial charge is 0.457 e. The standard InChI is InChI=1S/C29H21F6N3O3S/c1-37(2)42(39,40)21-11-9-19(10-12-21)41-20-6-3-5-17(13-20)27-22-7-4-8-24(29(33,34)35)28(22)38(36-27)16-23-25(31)14-18(30)15-26(23)32/h3-15H,16H2,1-2H3. The second-order valence-corrected chi connectivity index (χ2v) is 11.6. The average molecular weight is 606 g/mol. The van der Waals surface area contributed by atoms with Gasteiger partial charge in [0.2, 0.25) is 10.0 Å². The monoisotopic (exact) mass is 605 g/mol. The highest BCUT2D eigenvalue weighted by Crippen LogP contribution is 2.39. The van der Waals surface area contributed by atoms with E-state index < -0.39 is 56.8 Å². The molecule has 0 atom stereocenters. The van der Waals surface area contributed by atoms with Gasteiger partial charge in [0.25, 0.3) is 0 Å². The van der Waals surface area contributed by atoms with Crippen molar-refractivity contribution in [2.75, 3.05) is 14.1 Å². The van der Waals surface area contributed by atoms with Gasteiger partial charge in [-0.25, -0.2) is 25.9 Å². The number of para-hydroxylation sites is 1. The van der Waals surface area contributed by atoms with Crippen molar-refractivity contribution in [3.05, 3.63) is 107 Å². The van der Waals surface area contributed by atoms with Gasteiger partial charge in [0, 0.05) is 42.7 Å². The Morgan fingerprint density at radius 2 is 1.50 bits per heavy atom. The molecule has 0 aliphatic carbocycles. The molecule has 1 aromatic heterocycles. The fraction of sp³-hybridized carbons (Fsp3) is 0.138. The first kappa shape index (κ1) is 29.1. The van der Waals surface area contributed by atoms with E-state index in [1.54, 1.807) is 18.2 Å². The van der Waals surface area contributed by atoms with Crippen LogP contribution in [-0.2, 0) is 22.7 Å². The van der Waals surface area contributed by atoms with E-state index in [1.165, 1.54) is 56.6 Å². The first-order valence-corrected chi connectivity index (χ1v) is 13.7. The predicted octanol–water partition coefficient (Wildman–Crippen LogP) is 7.23. The number of alkyl halides is 3. The molecule has 5 rings (SSSR count). The molecule has 13 heteroatoms. The summed E-state index contributed by atoms with van der Waals surface area (Å²) in [6, 6.07) is 16.2. The van der Waals surface area contributed by atoms with Crippen LogP contribution in [-0.4, -0.2) is 36.6 Å². The maximum absolute atomic E-state index is 14.5.